The van der Waals surface area contributed by atoms with Gasteiger partial charge in [-0.25, -0.2) is 0 Å². The zero-order valence-electron chi connectivity index (χ0n) is 8.37. The van der Waals surface area contributed by atoms with E-state index < -0.39 is 0 Å². The third-order valence-corrected chi connectivity index (χ3v) is 3.06. The molecule has 0 saturated heterocycles. The standard InChI is InChI=1S/C12H8N2OS/c15-12-8-16-13-14(12)11-6-5-9-3-1-2-4-10(9)7-11/h1-8H/p+1. The van der Waals surface area contributed by atoms with Crippen molar-refractivity contribution in [2.24, 2.45) is 0 Å². The molecule has 78 valence electrons. The summed E-state index contributed by atoms with van der Waals surface area (Å²) in [6, 6.07) is 14.1. The zero-order chi connectivity index (χ0) is 11.0. The Balaban J connectivity index is 2.23. The molecule has 0 atom stereocenters. The monoisotopic (exact) mass is 229 g/mol. The largest absolute Gasteiger partial charge is 0.457 e. The van der Waals surface area contributed by atoms with Crippen LogP contribution in [0, 0.1) is 0 Å². The van der Waals surface area contributed by atoms with Gasteiger partial charge in [-0.05, 0) is 16.8 Å². The summed E-state index contributed by atoms with van der Waals surface area (Å²) in [5.41, 5.74) is 0.873. The molecule has 1 N–H and O–H groups in total. The first kappa shape index (κ1) is 9.30. The summed E-state index contributed by atoms with van der Waals surface area (Å²) in [4.78, 5) is 0. The molecular weight excluding hydrogens is 220 g/mol. The SMILES string of the molecule is Oc1csn[n+]1-c1ccc2ccccc2c1. The Morgan fingerprint density at radius 3 is 2.62 bits per heavy atom. The molecule has 0 spiro atoms. The Morgan fingerprint density at radius 2 is 1.88 bits per heavy atom. The highest BCUT2D eigenvalue weighted by atomic mass is 32.1. The lowest BCUT2D eigenvalue weighted by molar-refractivity contribution is -0.657. The first-order valence-corrected chi connectivity index (χ1v) is 5.73. The van der Waals surface area contributed by atoms with E-state index in [0.29, 0.717) is 0 Å². The fourth-order valence-electron chi connectivity index (χ4n) is 1.70. The van der Waals surface area contributed by atoms with E-state index in [2.05, 4.69) is 10.6 Å². The molecule has 3 rings (SSSR count). The summed E-state index contributed by atoms with van der Waals surface area (Å²) < 4.78 is 5.63. The van der Waals surface area contributed by atoms with E-state index in [1.807, 2.05) is 36.4 Å². The third kappa shape index (κ3) is 1.44. The number of hydrogen-bond acceptors (Lipinski definition) is 3. The van der Waals surface area contributed by atoms with Gasteiger partial charge in [-0.3, -0.25) is 0 Å². The molecule has 4 heteroatoms. The minimum Gasteiger partial charge on any atom is -0.457 e. The Hall–Kier alpha value is -1.94. The van der Waals surface area contributed by atoms with Gasteiger partial charge < -0.3 is 5.11 Å². The topological polar surface area (TPSA) is 37.0 Å². The van der Waals surface area contributed by atoms with Crippen molar-refractivity contribution in [3.8, 4) is 11.6 Å². The molecular formula is C12H9N2OS+. The van der Waals surface area contributed by atoms with Crippen LogP contribution >= 0.6 is 11.5 Å². The molecule has 1 heterocycles. The highest BCUT2D eigenvalue weighted by molar-refractivity contribution is 7.03. The van der Waals surface area contributed by atoms with Crippen molar-refractivity contribution in [2.45, 2.75) is 0 Å². The van der Waals surface area contributed by atoms with Gasteiger partial charge in [-0.15, -0.1) is 0 Å². The van der Waals surface area contributed by atoms with Gasteiger partial charge in [0.15, 0.2) is 0 Å². The van der Waals surface area contributed by atoms with Crippen molar-refractivity contribution < 1.29 is 9.79 Å². The molecule has 0 saturated carbocycles. The van der Waals surface area contributed by atoms with E-state index in [9.17, 15) is 5.11 Å². The number of aromatic nitrogens is 2. The lowest BCUT2D eigenvalue weighted by atomic mass is 10.1. The van der Waals surface area contributed by atoms with Crippen molar-refractivity contribution in [2.75, 3.05) is 0 Å². The second-order valence-corrected chi connectivity index (χ2v) is 4.12. The van der Waals surface area contributed by atoms with Crippen molar-refractivity contribution >= 4 is 22.3 Å². The van der Waals surface area contributed by atoms with Crippen LogP contribution in [0.3, 0.4) is 0 Å². The summed E-state index contributed by atoms with van der Waals surface area (Å²) in [6.07, 6.45) is 0. The highest BCUT2D eigenvalue weighted by Gasteiger charge is 2.16. The van der Waals surface area contributed by atoms with Crippen molar-refractivity contribution in [3.63, 3.8) is 0 Å². The molecule has 1 aromatic heterocycles. The Kier molecular flexibility index (Phi) is 2.08. The summed E-state index contributed by atoms with van der Waals surface area (Å²) >= 11 is 1.23. The maximum atomic E-state index is 9.59. The molecule has 0 aliphatic heterocycles. The van der Waals surface area contributed by atoms with Gasteiger partial charge in [0.1, 0.15) is 5.38 Å². The molecule has 0 bridgehead atoms. The molecule has 16 heavy (non-hydrogen) atoms. The quantitative estimate of drug-likeness (QED) is 0.650. The van der Waals surface area contributed by atoms with Crippen LogP contribution in [0.1, 0.15) is 0 Å². The first-order chi connectivity index (χ1) is 7.84. The summed E-state index contributed by atoms with van der Waals surface area (Å²) in [5, 5.41) is 13.5. The average molecular weight is 229 g/mol. The van der Waals surface area contributed by atoms with Crippen LogP contribution in [0.2, 0.25) is 0 Å². The van der Waals surface area contributed by atoms with Gasteiger partial charge in [0.25, 0.3) is 0 Å². The molecule has 2 aromatic carbocycles. The van der Waals surface area contributed by atoms with Crippen LogP contribution in [-0.2, 0) is 0 Å². The van der Waals surface area contributed by atoms with Crippen molar-refractivity contribution in [1.29, 1.82) is 0 Å². The first-order valence-electron chi connectivity index (χ1n) is 4.89. The third-order valence-electron chi connectivity index (χ3n) is 2.48. The summed E-state index contributed by atoms with van der Waals surface area (Å²) in [5.74, 6) is 0.167. The van der Waals surface area contributed by atoms with Gasteiger partial charge in [-0.1, -0.05) is 24.3 Å². The van der Waals surface area contributed by atoms with Gasteiger partial charge in [0.2, 0.25) is 5.69 Å². The number of benzene rings is 2. The zero-order valence-corrected chi connectivity index (χ0v) is 9.19. The Labute approximate surface area is 96.4 Å². The molecule has 0 aliphatic carbocycles. The van der Waals surface area contributed by atoms with Gasteiger partial charge in [0, 0.05) is 28.3 Å². The fraction of sp³-hybridized carbons (Fsp3) is 0. The predicted octanol–water partition coefficient (Wildman–Crippen LogP) is 2.28. The van der Waals surface area contributed by atoms with E-state index in [0.717, 1.165) is 11.1 Å². The van der Waals surface area contributed by atoms with Crippen LogP contribution < -0.4 is 4.68 Å². The number of rotatable bonds is 1. The van der Waals surface area contributed by atoms with E-state index in [-0.39, 0.29) is 5.88 Å². The number of nitrogens with zero attached hydrogens (tertiary/aromatic N) is 2. The van der Waals surface area contributed by atoms with E-state index >= 15 is 0 Å². The predicted molar refractivity (Wildman–Crippen MR) is 62.8 cm³/mol. The molecule has 0 fully saturated rings. The maximum absolute atomic E-state index is 9.59. The Bertz CT molecular complexity index is 648. The van der Waals surface area contributed by atoms with Gasteiger partial charge >= 0.3 is 5.88 Å². The lowest BCUT2D eigenvalue weighted by Crippen LogP contribution is -2.31. The number of fused-ring (bicyclic) bond motifs is 1. The van der Waals surface area contributed by atoms with Gasteiger partial charge in [-0.2, -0.15) is 0 Å². The molecule has 3 nitrogen and oxygen atoms in total. The minimum absolute atomic E-state index is 0.167. The van der Waals surface area contributed by atoms with E-state index in [1.54, 1.807) is 5.38 Å². The summed E-state index contributed by atoms with van der Waals surface area (Å²) in [7, 11) is 0. The average Bonchev–Trinajstić information content (AvgIpc) is 2.75. The lowest BCUT2D eigenvalue weighted by Gasteiger charge is -1.96. The van der Waals surface area contributed by atoms with Crippen LogP contribution in [0.5, 0.6) is 5.88 Å². The molecule has 0 unspecified atom stereocenters. The van der Waals surface area contributed by atoms with Crippen LogP contribution in [0.15, 0.2) is 47.8 Å². The molecule has 0 radical (unpaired) electrons. The number of hydrogen-bond donors (Lipinski definition) is 1. The normalized spacial score (nSPS) is 10.8. The van der Waals surface area contributed by atoms with Crippen molar-refractivity contribution in [1.82, 2.24) is 4.49 Å². The smallest absolute Gasteiger partial charge is 0.409 e. The van der Waals surface area contributed by atoms with E-state index in [4.69, 9.17) is 0 Å². The second kappa shape index (κ2) is 3.57. The molecule has 0 aliphatic rings. The fourth-order valence-corrected chi connectivity index (χ4v) is 2.21. The Morgan fingerprint density at radius 1 is 1.06 bits per heavy atom. The van der Waals surface area contributed by atoms with E-state index in [1.165, 1.54) is 21.6 Å². The van der Waals surface area contributed by atoms with Crippen LogP contribution in [0.25, 0.3) is 16.5 Å². The highest BCUT2D eigenvalue weighted by Crippen LogP contribution is 2.16. The molecule has 3 aromatic rings. The van der Waals surface area contributed by atoms with Crippen molar-refractivity contribution in [3.05, 3.63) is 47.8 Å². The number of aromatic hydroxyl groups is 1. The van der Waals surface area contributed by atoms with Crippen LogP contribution in [-0.4, -0.2) is 9.59 Å². The molecule has 0 amide bonds. The van der Waals surface area contributed by atoms with Gasteiger partial charge in [0.05, 0.1) is 4.49 Å². The van der Waals surface area contributed by atoms with Crippen LogP contribution in [0.4, 0.5) is 0 Å². The minimum atomic E-state index is 0.167. The summed E-state index contributed by atoms with van der Waals surface area (Å²) in [6.45, 7) is 0. The maximum Gasteiger partial charge on any atom is 0.409 e. The second-order valence-electron chi connectivity index (χ2n) is 3.51.